The Balaban J connectivity index is 1.76. The molecule has 0 saturated carbocycles. The van der Waals surface area contributed by atoms with Crippen molar-refractivity contribution in [3.63, 3.8) is 0 Å². The number of esters is 1. The third-order valence-corrected chi connectivity index (χ3v) is 4.02. The highest BCUT2D eigenvalue weighted by Gasteiger charge is 2.29. The predicted octanol–water partition coefficient (Wildman–Crippen LogP) is 3.40. The largest absolute Gasteiger partial charge is 0.457 e. The monoisotopic (exact) mass is 348 g/mol. The van der Waals surface area contributed by atoms with Crippen LogP contribution in [0.2, 0.25) is 0 Å². The number of hydrogen-bond acceptors (Lipinski definition) is 3. The van der Waals surface area contributed by atoms with E-state index in [1.54, 1.807) is 13.0 Å². The first kappa shape index (κ1) is 17.5. The Kier molecular flexibility index (Phi) is 5.49. The van der Waals surface area contributed by atoms with Crippen LogP contribution < -0.4 is 10.6 Å². The molecule has 2 aromatic carbocycles. The van der Waals surface area contributed by atoms with Crippen LogP contribution in [0.25, 0.3) is 6.08 Å². The van der Waals surface area contributed by atoms with E-state index >= 15 is 0 Å². The molecule has 1 heterocycles. The first-order valence-corrected chi connectivity index (χ1v) is 8.36. The summed E-state index contributed by atoms with van der Waals surface area (Å²) in [6.45, 7) is 1.88. The number of benzene rings is 2. The van der Waals surface area contributed by atoms with Gasteiger partial charge in [0.2, 0.25) is 0 Å². The molecule has 0 radical (unpaired) electrons. The zero-order valence-corrected chi connectivity index (χ0v) is 14.4. The van der Waals surface area contributed by atoms with Crippen LogP contribution in [-0.2, 0) is 16.1 Å². The molecule has 0 spiro atoms. The van der Waals surface area contributed by atoms with Gasteiger partial charge in [-0.15, -0.1) is 0 Å². The number of carbonyl (C=O) groups excluding carboxylic acids is 2. The lowest BCUT2D eigenvalue weighted by molar-refractivity contribution is -0.140. The van der Waals surface area contributed by atoms with E-state index in [0.29, 0.717) is 11.3 Å². The molecular formula is C21H20N2O3. The first-order valence-electron chi connectivity index (χ1n) is 8.36. The molecule has 0 fully saturated rings. The van der Waals surface area contributed by atoms with Gasteiger partial charge >= 0.3 is 12.0 Å². The number of hydrogen-bond donors (Lipinski definition) is 2. The lowest BCUT2D eigenvalue weighted by Crippen LogP contribution is -2.49. The number of rotatable bonds is 5. The van der Waals surface area contributed by atoms with Crippen LogP contribution in [0.3, 0.4) is 0 Å². The zero-order valence-electron chi connectivity index (χ0n) is 14.4. The minimum atomic E-state index is -0.549. The number of ether oxygens (including phenoxy) is 1. The summed E-state index contributed by atoms with van der Waals surface area (Å²) in [5, 5.41) is 5.38. The Bertz CT molecular complexity index is 842. The van der Waals surface area contributed by atoms with E-state index in [9.17, 15) is 9.59 Å². The molecule has 0 bridgehead atoms. The van der Waals surface area contributed by atoms with E-state index in [0.717, 1.165) is 11.1 Å². The van der Waals surface area contributed by atoms with Crippen molar-refractivity contribution in [3.05, 3.63) is 89.1 Å². The van der Waals surface area contributed by atoms with Crippen molar-refractivity contribution in [2.45, 2.75) is 19.6 Å². The van der Waals surface area contributed by atoms with Gasteiger partial charge in [-0.2, -0.15) is 0 Å². The molecule has 2 N–H and O–H groups in total. The van der Waals surface area contributed by atoms with E-state index in [4.69, 9.17) is 4.74 Å². The zero-order chi connectivity index (χ0) is 18.4. The molecule has 26 heavy (non-hydrogen) atoms. The maximum atomic E-state index is 12.6. The Morgan fingerprint density at radius 3 is 2.42 bits per heavy atom. The van der Waals surface area contributed by atoms with Crippen molar-refractivity contribution in [1.82, 2.24) is 10.6 Å². The fourth-order valence-electron chi connectivity index (χ4n) is 2.72. The van der Waals surface area contributed by atoms with Crippen LogP contribution in [-0.4, -0.2) is 18.0 Å². The summed E-state index contributed by atoms with van der Waals surface area (Å²) in [5.74, 6) is -0.457. The highest BCUT2D eigenvalue weighted by atomic mass is 16.5. The summed E-state index contributed by atoms with van der Waals surface area (Å²) in [6.07, 6.45) is 3.66. The smallest absolute Gasteiger partial charge is 0.338 e. The molecule has 0 saturated heterocycles. The molecule has 3 rings (SSSR count). The normalized spacial score (nSPS) is 17.0. The van der Waals surface area contributed by atoms with Gasteiger partial charge in [0, 0.05) is 5.70 Å². The molecule has 5 nitrogen and oxygen atoms in total. The molecular weight excluding hydrogens is 328 g/mol. The van der Waals surface area contributed by atoms with Crippen LogP contribution >= 0.6 is 0 Å². The summed E-state index contributed by atoms with van der Waals surface area (Å²) in [4.78, 5) is 24.4. The Morgan fingerprint density at radius 2 is 1.73 bits per heavy atom. The molecule has 0 unspecified atom stereocenters. The minimum absolute atomic E-state index is 0.180. The van der Waals surface area contributed by atoms with Crippen molar-refractivity contribution in [3.8, 4) is 0 Å². The van der Waals surface area contributed by atoms with Crippen LogP contribution in [0.15, 0.2) is 78.0 Å². The molecule has 1 aliphatic rings. The average molecular weight is 348 g/mol. The summed E-state index contributed by atoms with van der Waals surface area (Å²) in [7, 11) is 0. The van der Waals surface area contributed by atoms with Gasteiger partial charge in [0.25, 0.3) is 0 Å². The van der Waals surface area contributed by atoms with Gasteiger partial charge in [0.05, 0.1) is 11.6 Å². The second-order valence-electron chi connectivity index (χ2n) is 5.95. The molecule has 132 valence electrons. The van der Waals surface area contributed by atoms with Crippen LogP contribution in [0.5, 0.6) is 0 Å². The van der Waals surface area contributed by atoms with Gasteiger partial charge in [-0.3, -0.25) is 0 Å². The molecule has 0 aromatic heterocycles. The number of urea groups is 1. The van der Waals surface area contributed by atoms with Gasteiger partial charge in [-0.25, -0.2) is 9.59 Å². The highest BCUT2D eigenvalue weighted by Crippen LogP contribution is 2.17. The topological polar surface area (TPSA) is 67.4 Å². The number of nitrogens with one attached hydrogen (secondary N) is 2. The van der Waals surface area contributed by atoms with E-state index in [-0.39, 0.29) is 12.6 Å². The summed E-state index contributed by atoms with van der Waals surface area (Å²) in [6, 6.07) is 18.3. The summed E-state index contributed by atoms with van der Waals surface area (Å²) >= 11 is 0. The maximum Gasteiger partial charge on any atom is 0.338 e. The van der Waals surface area contributed by atoms with Crippen molar-refractivity contribution in [2.24, 2.45) is 0 Å². The second-order valence-corrected chi connectivity index (χ2v) is 5.95. The molecule has 1 atom stereocenters. The van der Waals surface area contributed by atoms with Gasteiger partial charge < -0.3 is 15.4 Å². The first-order chi connectivity index (χ1) is 12.6. The summed E-state index contributed by atoms with van der Waals surface area (Å²) < 4.78 is 5.43. The van der Waals surface area contributed by atoms with Crippen molar-refractivity contribution < 1.29 is 14.3 Å². The standard InChI is InChI=1S/C21H20N2O3/c1-15-19(20(24)26-14-17-10-6-3-7-11-17)18(23-21(25)22-15)13-12-16-8-4-2-5-9-16/h2-13,18H,14H2,1H3,(H2,22,23,25)/b13-12+/t18-/m1/s1. The number of carbonyl (C=O) groups is 2. The maximum absolute atomic E-state index is 12.6. The Labute approximate surface area is 152 Å². The van der Waals surface area contributed by atoms with Crippen molar-refractivity contribution >= 4 is 18.1 Å². The molecule has 2 aromatic rings. The predicted molar refractivity (Wildman–Crippen MR) is 99.9 cm³/mol. The summed E-state index contributed by atoms with van der Waals surface area (Å²) in [5.41, 5.74) is 2.78. The van der Waals surface area contributed by atoms with E-state index < -0.39 is 12.0 Å². The third-order valence-electron chi connectivity index (χ3n) is 4.02. The van der Waals surface area contributed by atoms with E-state index in [2.05, 4.69) is 10.6 Å². The Hall–Kier alpha value is -3.34. The lowest BCUT2D eigenvalue weighted by atomic mass is 10.0. The van der Waals surface area contributed by atoms with Crippen molar-refractivity contribution in [1.29, 1.82) is 0 Å². The van der Waals surface area contributed by atoms with E-state index in [1.165, 1.54) is 0 Å². The molecule has 5 heteroatoms. The highest BCUT2D eigenvalue weighted by molar-refractivity contribution is 5.95. The lowest BCUT2D eigenvalue weighted by Gasteiger charge is -2.25. The second kappa shape index (κ2) is 8.16. The fraction of sp³-hybridized carbons (Fsp3) is 0.143. The fourth-order valence-corrected chi connectivity index (χ4v) is 2.72. The van der Waals surface area contributed by atoms with Crippen molar-refractivity contribution in [2.75, 3.05) is 0 Å². The quantitative estimate of drug-likeness (QED) is 0.814. The van der Waals surface area contributed by atoms with Crippen LogP contribution in [0.4, 0.5) is 4.79 Å². The van der Waals surface area contributed by atoms with Crippen LogP contribution in [0.1, 0.15) is 18.1 Å². The van der Waals surface area contributed by atoms with Crippen LogP contribution in [0, 0.1) is 0 Å². The van der Waals surface area contributed by atoms with Gasteiger partial charge in [0.15, 0.2) is 0 Å². The van der Waals surface area contributed by atoms with Gasteiger partial charge in [-0.05, 0) is 18.1 Å². The number of amides is 2. The van der Waals surface area contributed by atoms with Gasteiger partial charge in [0.1, 0.15) is 6.61 Å². The number of allylic oxidation sites excluding steroid dienone is 1. The SMILES string of the molecule is CC1=C(C(=O)OCc2ccccc2)[C@@H](/C=C/c2ccccc2)NC(=O)N1. The average Bonchev–Trinajstić information content (AvgIpc) is 2.66. The Morgan fingerprint density at radius 1 is 1.08 bits per heavy atom. The molecule has 2 amide bonds. The minimum Gasteiger partial charge on any atom is -0.457 e. The van der Waals surface area contributed by atoms with Gasteiger partial charge in [-0.1, -0.05) is 72.8 Å². The molecule has 0 aliphatic carbocycles. The molecule has 1 aliphatic heterocycles. The third kappa shape index (κ3) is 4.39. The van der Waals surface area contributed by atoms with E-state index in [1.807, 2.05) is 66.7 Å².